The number of para-hydroxylation sites is 1. The van der Waals surface area contributed by atoms with Gasteiger partial charge in [-0.1, -0.05) is 24.3 Å². The molecule has 2 aromatic rings. The number of rotatable bonds is 2. The van der Waals surface area contributed by atoms with E-state index in [-0.39, 0.29) is 12.0 Å². The molecule has 1 unspecified atom stereocenters. The largest absolute Gasteiger partial charge is 0.375 e. The molecule has 0 aliphatic carbocycles. The third-order valence-electron chi connectivity index (χ3n) is 3.46. The molecule has 0 spiro atoms. The van der Waals surface area contributed by atoms with Crippen LogP contribution in [0.25, 0.3) is 0 Å². The first-order valence-corrected chi connectivity index (χ1v) is 6.08. The second-order valence-electron chi connectivity index (χ2n) is 4.77. The van der Waals surface area contributed by atoms with E-state index in [1.165, 1.54) is 6.07 Å². The number of aliphatic hydroxyl groups is 1. The van der Waals surface area contributed by atoms with Crippen molar-refractivity contribution in [3.05, 3.63) is 65.2 Å². The number of carbonyl (C=O) groups excluding carboxylic acids is 1. The average molecular weight is 275 g/mol. The summed E-state index contributed by atoms with van der Waals surface area (Å²) in [6, 6.07) is 9.74. The van der Waals surface area contributed by atoms with Crippen LogP contribution in [0.5, 0.6) is 0 Å². The molecule has 1 atom stereocenters. The molecule has 5 heteroatoms. The molecule has 1 heterocycles. The molecule has 3 rings (SSSR count). The molecule has 20 heavy (non-hydrogen) atoms. The van der Waals surface area contributed by atoms with Crippen LogP contribution < -0.4 is 5.32 Å². The highest BCUT2D eigenvalue weighted by atomic mass is 19.1. The van der Waals surface area contributed by atoms with Gasteiger partial charge in [0.25, 0.3) is 5.91 Å². The van der Waals surface area contributed by atoms with E-state index in [0.29, 0.717) is 11.3 Å². The van der Waals surface area contributed by atoms with Gasteiger partial charge in [-0.3, -0.25) is 4.79 Å². The van der Waals surface area contributed by atoms with Gasteiger partial charge in [0.1, 0.15) is 11.6 Å². The van der Waals surface area contributed by atoms with Gasteiger partial charge in [0, 0.05) is 23.7 Å². The highest BCUT2D eigenvalue weighted by Gasteiger charge is 2.45. The summed E-state index contributed by atoms with van der Waals surface area (Å²) in [6.07, 6.45) is -0.248. The molecule has 0 fully saturated rings. The van der Waals surface area contributed by atoms with Crippen molar-refractivity contribution in [2.45, 2.75) is 12.0 Å². The zero-order chi connectivity index (χ0) is 14.3. The predicted octanol–water partition coefficient (Wildman–Crippen LogP) is 2.35. The summed E-state index contributed by atoms with van der Waals surface area (Å²) in [4.78, 5) is 12.0. The molecule has 3 nitrogen and oxygen atoms in total. The fraction of sp³-hybridized carbons (Fsp3) is 0.133. The van der Waals surface area contributed by atoms with Crippen molar-refractivity contribution in [3.8, 4) is 0 Å². The lowest BCUT2D eigenvalue weighted by Crippen LogP contribution is -2.36. The van der Waals surface area contributed by atoms with Crippen LogP contribution in [0.1, 0.15) is 11.1 Å². The summed E-state index contributed by atoms with van der Waals surface area (Å²) >= 11 is 0. The van der Waals surface area contributed by atoms with Crippen LogP contribution in [0.3, 0.4) is 0 Å². The van der Waals surface area contributed by atoms with Crippen molar-refractivity contribution in [2.75, 3.05) is 5.32 Å². The minimum atomic E-state index is -1.84. The Morgan fingerprint density at radius 3 is 2.65 bits per heavy atom. The summed E-state index contributed by atoms with van der Waals surface area (Å²) in [7, 11) is 0. The molecule has 1 amide bonds. The maximum atomic E-state index is 13.7. The van der Waals surface area contributed by atoms with Crippen molar-refractivity contribution in [1.82, 2.24) is 0 Å². The van der Waals surface area contributed by atoms with Gasteiger partial charge >= 0.3 is 0 Å². The van der Waals surface area contributed by atoms with Gasteiger partial charge in [-0.25, -0.2) is 8.78 Å². The van der Waals surface area contributed by atoms with Crippen LogP contribution in [0.15, 0.2) is 42.5 Å². The van der Waals surface area contributed by atoms with E-state index in [1.54, 1.807) is 24.3 Å². The third kappa shape index (κ3) is 1.87. The van der Waals surface area contributed by atoms with E-state index < -0.39 is 23.1 Å². The van der Waals surface area contributed by atoms with Crippen LogP contribution in [-0.4, -0.2) is 11.0 Å². The Hall–Kier alpha value is -2.27. The number of benzene rings is 2. The number of anilines is 1. The molecule has 1 aliphatic rings. The third-order valence-corrected chi connectivity index (χ3v) is 3.46. The first kappa shape index (κ1) is 12.7. The topological polar surface area (TPSA) is 49.3 Å². The molecule has 0 radical (unpaired) electrons. The molecule has 1 aliphatic heterocycles. The summed E-state index contributed by atoms with van der Waals surface area (Å²) in [6.45, 7) is 0. The molecule has 0 aromatic heterocycles. The second-order valence-corrected chi connectivity index (χ2v) is 4.77. The normalized spacial score (nSPS) is 20.6. The maximum absolute atomic E-state index is 13.7. The minimum Gasteiger partial charge on any atom is -0.375 e. The first-order chi connectivity index (χ1) is 9.50. The average Bonchev–Trinajstić information content (AvgIpc) is 2.66. The van der Waals surface area contributed by atoms with Crippen LogP contribution in [0.4, 0.5) is 14.5 Å². The van der Waals surface area contributed by atoms with E-state index in [9.17, 15) is 18.7 Å². The molecule has 2 aromatic carbocycles. The smallest absolute Gasteiger partial charge is 0.261 e. The molecule has 0 saturated carbocycles. The highest BCUT2D eigenvalue weighted by molar-refractivity contribution is 6.05. The van der Waals surface area contributed by atoms with Gasteiger partial charge in [0.05, 0.1) is 0 Å². The molecular weight excluding hydrogens is 264 g/mol. The van der Waals surface area contributed by atoms with Crippen molar-refractivity contribution in [2.24, 2.45) is 0 Å². The van der Waals surface area contributed by atoms with Crippen molar-refractivity contribution in [1.29, 1.82) is 0 Å². The Morgan fingerprint density at radius 1 is 1.15 bits per heavy atom. The standard InChI is InChI=1S/C15H11F2NO2/c16-10-6-5-9(12(17)7-10)8-15(20)11-3-1-2-4-13(11)18-14(15)19/h1-7,20H,8H2,(H,18,19). The second kappa shape index (κ2) is 4.38. The van der Waals surface area contributed by atoms with E-state index >= 15 is 0 Å². The van der Waals surface area contributed by atoms with Gasteiger partial charge in [0.2, 0.25) is 0 Å². The van der Waals surface area contributed by atoms with Crippen molar-refractivity contribution >= 4 is 11.6 Å². The lowest BCUT2D eigenvalue weighted by molar-refractivity contribution is -0.133. The molecule has 0 saturated heterocycles. The quantitative estimate of drug-likeness (QED) is 0.884. The fourth-order valence-electron chi connectivity index (χ4n) is 2.42. The van der Waals surface area contributed by atoms with Gasteiger partial charge in [0.15, 0.2) is 5.60 Å². The Bertz CT molecular complexity index is 702. The molecule has 2 N–H and O–H groups in total. The minimum absolute atomic E-state index is 0.0840. The fourth-order valence-corrected chi connectivity index (χ4v) is 2.42. The number of amides is 1. The highest BCUT2D eigenvalue weighted by Crippen LogP contribution is 2.38. The molecule has 0 bridgehead atoms. The van der Waals surface area contributed by atoms with Crippen LogP contribution in [-0.2, 0) is 16.8 Å². The van der Waals surface area contributed by atoms with Gasteiger partial charge < -0.3 is 10.4 Å². The molecule has 102 valence electrons. The zero-order valence-electron chi connectivity index (χ0n) is 10.4. The van der Waals surface area contributed by atoms with Gasteiger partial charge in [-0.15, -0.1) is 0 Å². The number of fused-ring (bicyclic) bond motifs is 1. The Kier molecular flexibility index (Phi) is 2.79. The van der Waals surface area contributed by atoms with Gasteiger partial charge in [-0.2, -0.15) is 0 Å². The summed E-state index contributed by atoms with van der Waals surface area (Å²) < 4.78 is 26.6. The number of nitrogens with one attached hydrogen (secondary N) is 1. The lowest BCUT2D eigenvalue weighted by Gasteiger charge is -2.21. The van der Waals surface area contributed by atoms with E-state index in [0.717, 1.165) is 12.1 Å². The predicted molar refractivity (Wildman–Crippen MR) is 69.0 cm³/mol. The summed E-state index contributed by atoms with van der Waals surface area (Å²) in [5, 5.41) is 13.1. The van der Waals surface area contributed by atoms with Gasteiger partial charge in [-0.05, 0) is 17.7 Å². The van der Waals surface area contributed by atoms with E-state index in [2.05, 4.69) is 5.32 Å². The first-order valence-electron chi connectivity index (χ1n) is 6.08. The summed E-state index contributed by atoms with van der Waals surface area (Å²) in [5.41, 5.74) is -0.855. The molecular formula is C15H11F2NO2. The SMILES string of the molecule is O=C1Nc2ccccc2C1(O)Cc1ccc(F)cc1F. The van der Waals surface area contributed by atoms with Crippen molar-refractivity contribution < 1.29 is 18.7 Å². The van der Waals surface area contributed by atoms with E-state index in [1.807, 2.05) is 0 Å². The maximum Gasteiger partial charge on any atom is 0.261 e. The van der Waals surface area contributed by atoms with Crippen LogP contribution >= 0.6 is 0 Å². The number of carbonyl (C=O) groups is 1. The Morgan fingerprint density at radius 2 is 1.90 bits per heavy atom. The summed E-state index contributed by atoms with van der Waals surface area (Å²) in [5.74, 6) is -2.09. The Balaban J connectivity index is 2.03. The van der Waals surface area contributed by atoms with Crippen LogP contribution in [0.2, 0.25) is 0 Å². The van der Waals surface area contributed by atoms with Crippen LogP contribution in [0, 0.1) is 11.6 Å². The zero-order valence-corrected chi connectivity index (χ0v) is 10.4. The number of hydrogen-bond acceptors (Lipinski definition) is 2. The Labute approximate surface area is 113 Å². The van der Waals surface area contributed by atoms with Crippen molar-refractivity contribution in [3.63, 3.8) is 0 Å². The number of hydrogen-bond donors (Lipinski definition) is 2. The van der Waals surface area contributed by atoms with E-state index in [4.69, 9.17) is 0 Å². The monoisotopic (exact) mass is 275 g/mol. The number of halogens is 2. The lowest BCUT2D eigenvalue weighted by atomic mass is 9.88.